The van der Waals surface area contributed by atoms with Gasteiger partial charge in [0, 0.05) is 24.8 Å². The molecule has 23 heavy (non-hydrogen) atoms. The highest BCUT2D eigenvalue weighted by Gasteiger charge is 2.27. The van der Waals surface area contributed by atoms with E-state index < -0.39 is 0 Å². The van der Waals surface area contributed by atoms with E-state index >= 15 is 0 Å². The van der Waals surface area contributed by atoms with Crippen LogP contribution in [0.5, 0.6) is 0 Å². The van der Waals surface area contributed by atoms with Gasteiger partial charge in [0.25, 0.3) is 5.91 Å². The van der Waals surface area contributed by atoms with Crippen LogP contribution in [0.4, 0.5) is 0 Å². The molecule has 2 heterocycles. The lowest BCUT2D eigenvalue weighted by atomic mass is 9.95. The number of carbonyl (C=O) groups is 1. The molecule has 3 rings (SSSR count). The summed E-state index contributed by atoms with van der Waals surface area (Å²) in [6.07, 6.45) is 3.52. The average molecular weight is 316 g/mol. The first-order chi connectivity index (χ1) is 11.1. The van der Waals surface area contributed by atoms with Crippen LogP contribution in [-0.2, 0) is 4.74 Å². The van der Waals surface area contributed by atoms with Crippen LogP contribution in [0.3, 0.4) is 0 Å². The number of hydrogen-bond donors (Lipinski definition) is 1. The highest BCUT2D eigenvalue weighted by Crippen LogP contribution is 2.22. The van der Waals surface area contributed by atoms with Gasteiger partial charge in [-0.15, -0.1) is 0 Å². The molecule has 2 fully saturated rings. The Balaban J connectivity index is 1.46. The van der Waals surface area contributed by atoms with Crippen LogP contribution >= 0.6 is 0 Å². The molecule has 0 spiro atoms. The third-order valence-electron chi connectivity index (χ3n) is 5.26. The summed E-state index contributed by atoms with van der Waals surface area (Å²) in [6.45, 7) is 8.90. The van der Waals surface area contributed by atoms with Crippen LogP contribution < -0.4 is 5.32 Å². The number of nitrogens with one attached hydrogen (secondary N) is 1. The average Bonchev–Trinajstić information content (AvgIpc) is 3.10. The predicted molar refractivity (Wildman–Crippen MR) is 91.8 cm³/mol. The molecular formula is C19H28N2O2. The largest absolute Gasteiger partial charge is 0.380 e. The SMILES string of the molecule is Cc1ccc(C)c(C(=O)NCC2CCN([C@H]3CCOC3)CC2)c1. The summed E-state index contributed by atoms with van der Waals surface area (Å²) >= 11 is 0. The van der Waals surface area contributed by atoms with Gasteiger partial charge in [0.05, 0.1) is 6.61 Å². The summed E-state index contributed by atoms with van der Waals surface area (Å²) in [4.78, 5) is 15.0. The zero-order valence-electron chi connectivity index (χ0n) is 14.3. The van der Waals surface area contributed by atoms with Crippen molar-refractivity contribution in [1.82, 2.24) is 10.2 Å². The van der Waals surface area contributed by atoms with Crippen molar-refractivity contribution < 1.29 is 9.53 Å². The molecule has 1 N–H and O–H groups in total. The molecule has 1 aromatic rings. The maximum absolute atomic E-state index is 12.4. The molecule has 126 valence electrons. The summed E-state index contributed by atoms with van der Waals surface area (Å²) in [5.41, 5.74) is 2.99. The van der Waals surface area contributed by atoms with Crippen LogP contribution in [0, 0.1) is 19.8 Å². The van der Waals surface area contributed by atoms with Crippen molar-refractivity contribution in [3.05, 3.63) is 34.9 Å². The minimum absolute atomic E-state index is 0.0674. The standard InChI is InChI=1S/C19H28N2O2/c1-14-3-4-15(2)18(11-14)19(22)20-12-16-5-8-21(9-6-16)17-7-10-23-13-17/h3-4,11,16-17H,5-10,12-13H2,1-2H3,(H,20,22)/t17-/m0/s1. The van der Waals surface area contributed by atoms with Crippen LogP contribution in [0.1, 0.15) is 40.7 Å². The normalized spacial score (nSPS) is 23.1. The Morgan fingerprint density at radius 1 is 1.26 bits per heavy atom. The smallest absolute Gasteiger partial charge is 0.251 e. The molecular weight excluding hydrogens is 288 g/mol. The quantitative estimate of drug-likeness (QED) is 0.928. The monoisotopic (exact) mass is 316 g/mol. The Bertz CT molecular complexity index is 544. The number of likely N-dealkylation sites (tertiary alicyclic amines) is 1. The second-order valence-electron chi connectivity index (χ2n) is 7.03. The van der Waals surface area contributed by atoms with Crippen molar-refractivity contribution in [2.75, 3.05) is 32.8 Å². The van der Waals surface area contributed by atoms with Crippen molar-refractivity contribution in [3.63, 3.8) is 0 Å². The lowest BCUT2D eigenvalue weighted by Gasteiger charge is -2.35. The Labute approximate surface area is 139 Å². The van der Waals surface area contributed by atoms with Gasteiger partial charge in [0.15, 0.2) is 0 Å². The second-order valence-corrected chi connectivity index (χ2v) is 7.03. The molecule has 4 nitrogen and oxygen atoms in total. The van der Waals surface area contributed by atoms with Gasteiger partial charge in [0.2, 0.25) is 0 Å². The van der Waals surface area contributed by atoms with Gasteiger partial charge in [-0.2, -0.15) is 0 Å². The van der Waals surface area contributed by atoms with E-state index in [2.05, 4.69) is 16.3 Å². The molecule has 2 aliphatic rings. The van der Waals surface area contributed by atoms with Crippen molar-refractivity contribution in [2.24, 2.45) is 5.92 Å². The first kappa shape index (κ1) is 16.5. The number of amides is 1. The fourth-order valence-electron chi connectivity index (χ4n) is 3.64. The number of benzene rings is 1. The Morgan fingerprint density at radius 2 is 2.04 bits per heavy atom. The van der Waals surface area contributed by atoms with Gasteiger partial charge >= 0.3 is 0 Å². The molecule has 0 radical (unpaired) electrons. The first-order valence-electron chi connectivity index (χ1n) is 8.80. The van der Waals surface area contributed by atoms with Crippen LogP contribution in [0.2, 0.25) is 0 Å². The summed E-state index contributed by atoms with van der Waals surface area (Å²) in [7, 11) is 0. The predicted octanol–water partition coefficient (Wildman–Crippen LogP) is 2.53. The van der Waals surface area contributed by atoms with Gasteiger partial charge in [0.1, 0.15) is 0 Å². The van der Waals surface area contributed by atoms with Gasteiger partial charge in [-0.3, -0.25) is 9.69 Å². The highest BCUT2D eigenvalue weighted by molar-refractivity contribution is 5.95. The topological polar surface area (TPSA) is 41.6 Å². The zero-order valence-corrected chi connectivity index (χ0v) is 14.3. The van der Waals surface area contributed by atoms with E-state index in [1.54, 1.807) is 0 Å². The summed E-state index contributed by atoms with van der Waals surface area (Å²) < 4.78 is 5.49. The Kier molecular flexibility index (Phi) is 5.34. The first-order valence-corrected chi connectivity index (χ1v) is 8.80. The number of nitrogens with zero attached hydrogens (tertiary/aromatic N) is 1. The van der Waals surface area contributed by atoms with E-state index in [0.717, 1.165) is 49.5 Å². The van der Waals surface area contributed by atoms with E-state index in [4.69, 9.17) is 4.74 Å². The van der Waals surface area contributed by atoms with Crippen LogP contribution in [-0.4, -0.2) is 49.7 Å². The minimum Gasteiger partial charge on any atom is -0.380 e. The van der Waals surface area contributed by atoms with Crippen LogP contribution in [0.25, 0.3) is 0 Å². The number of rotatable bonds is 4. The van der Waals surface area contributed by atoms with Gasteiger partial charge in [-0.25, -0.2) is 0 Å². The fraction of sp³-hybridized carbons (Fsp3) is 0.632. The van der Waals surface area contributed by atoms with Crippen molar-refractivity contribution >= 4 is 5.91 Å². The van der Waals surface area contributed by atoms with Crippen molar-refractivity contribution in [3.8, 4) is 0 Å². The molecule has 2 saturated heterocycles. The van der Waals surface area contributed by atoms with Crippen molar-refractivity contribution in [1.29, 1.82) is 0 Å². The molecule has 1 atom stereocenters. The van der Waals surface area contributed by atoms with E-state index in [1.807, 2.05) is 26.0 Å². The van der Waals surface area contributed by atoms with Crippen LogP contribution in [0.15, 0.2) is 18.2 Å². The van der Waals surface area contributed by atoms with Gasteiger partial charge in [-0.05, 0) is 63.7 Å². The van der Waals surface area contributed by atoms with E-state index in [1.165, 1.54) is 19.3 Å². The van der Waals surface area contributed by atoms with E-state index in [9.17, 15) is 4.79 Å². The number of ether oxygens (including phenoxy) is 1. The molecule has 0 saturated carbocycles. The number of hydrogen-bond acceptors (Lipinski definition) is 3. The van der Waals surface area contributed by atoms with Crippen molar-refractivity contribution in [2.45, 2.75) is 39.2 Å². The summed E-state index contributed by atoms with van der Waals surface area (Å²) in [6, 6.07) is 6.68. The number of piperidine rings is 1. The molecule has 1 amide bonds. The molecule has 0 bridgehead atoms. The highest BCUT2D eigenvalue weighted by atomic mass is 16.5. The number of carbonyl (C=O) groups excluding carboxylic acids is 1. The Hall–Kier alpha value is -1.39. The molecule has 4 heteroatoms. The fourth-order valence-corrected chi connectivity index (χ4v) is 3.64. The molecule has 1 aromatic carbocycles. The second kappa shape index (κ2) is 7.45. The summed E-state index contributed by atoms with van der Waals surface area (Å²) in [5, 5.41) is 3.14. The molecule has 0 aromatic heterocycles. The molecule has 2 aliphatic heterocycles. The zero-order chi connectivity index (χ0) is 16.2. The van der Waals surface area contributed by atoms with E-state index in [0.29, 0.717) is 12.0 Å². The Morgan fingerprint density at radius 3 is 2.74 bits per heavy atom. The maximum atomic E-state index is 12.4. The third-order valence-corrected chi connectivity index (χ3v) is 5.26. The lowest BCUT2D eigenvalue weighted by Crippen LogP contribution is -2.44. The van der Waals surface area contributed by atoms with Gasteiger partial charge in [-0.1, -0.05) is 17.7 Å². The molecule has 0 aliphatic carbocycles. The third kappa shape index (κ3) is 4.12. The summed E-state index contributed by atoms with van der Waals surface area (Å²) in [5.74, 6) is 0.667. The maximum Gasteiger partial charge on any atom is 0.251 e. The van der Waals surface area contributed by atoms with E-state index in [-0.39, 0.29) is 5.91 Å². The molecule has 0 unspecified atom stereocenters. The lowest BCUT2D eigenvalue weighted by molar-refractivity contribution is 0.0910. The number of aryl methyl sites for hydroxylation is 2. The van der Waals surface area contributed by atoms with Gasteiger partial charge < -0.3 is 10.1 Å². The minimum atomic E-state index is 0.0674.